The first-order chi connectivity index (χ1) is 22.9. The minimum Gasteiger partial charge on any atom is -0.475 e. The normalized spacial score (nSPS) is 18.6. The van der Waals surface area contributed by atoms with Crippen molar-refractivity contribution in [1.82, 2.24) is 24.8 Å². The molecule has 0 unspecified atom stereocenters. The minimum absolute atomic E-state index is 0.0661. The number of anilines is 1. The van der Waals surface area contributed by atoms with Crippen molar-refractivity contribution < 1.29 is 17.9 Å². The van der Waals surface area contributed by atoms with Crippen LogP contribution in [0.1, 0.15) is 98.1 Å². The number of fused-ring (bicyclic) bond motifs is 4. The molecule has 6 rings (SSSR count). The Kier molecular flexibility index (Phi) is 9.51. The first-order valence-electron chi connectivity index (χ1n) is 16.7. The van der Waals surface area contributed by atoms with Crippen molar-refractivity contribution in [2.45, 2.75) is 96.5 Å². The van der Waals surface area contributed by atoms with E-state index >= 15 is 0 Å². The lowest BCUT2D eigenvalue weighted by molar-refractivity contribution is 0.0512. The molecule has 2 aliphatic rings. The number of carbonyl (C=O) groups excluding carboxylic acids is 1. The fourth-order valence-corrected chi connectivity index (χ4v) is 7.75. The second-order valence-electron chi connectivity index (χ2n) is 14.3. The number of hydrogen-bond donors (Lipinski definition) is 1. The molecule has 1 fully saturated rings. The van der Waals surface area contributed by atoms with Crippen molar-refractivity contribution in [3.8, 4) is 17.1 Å². The van der Waals surface area contributed by atoms with E-state index in [-0.39, 0.29) is 46.8 Å². The van der Waals surface area contributed by atoms with Gasteiger partial charge in [-0.05, 0) is 67.9 Å². The highest BCUT2D eigenvalue weighted by atomic mass is 32.2. The monoisotopic (exact) mass is 668 g/mol. The molecule has 11 heteroatoms. The molecule has 1 saturated carbocycles. The number of rotatable bonds is 5. The van der Waals surface area contributed by atoms with E-state index in [1.807, 2.05) is 44.4 Å². The zero-order valence-electron chi connectivity index (χ0n) is 28.4. The number of ether oxygens (including phenoxy) is 1. The molecule has 1 aliphatic heterocycles. The van der Waals surface area contributed by atoms with Crippen LogP contribution in [0.25, 0.3) is 11.3 Å². The topological polar surface area (TPSA) is 127 Å². The lowest BCUT2D eigenvalue weighted by Gasteiger charge is -2.35. The third-order valence-electron chi connectivity index (χ3n) is 9.08. The quantitative estimate of drug-likeness (QED) is 0.236. The molecule has 4 bridgehead atoms. The van der Waals surface area contributed by atoms with E-state index in [1.165, 1.54) is 31.4 Å². The fourth-order valence-electron chi connectivity index (χ4n) is 6.76. The van der Waals surface area contributed by atoms with Gasteiger partial charge in [0.2, 0.25) is 11.8 Å². The number of benzene rings is 2. The van der Waals surface area contributed by atoms with Gasteiger partial charge < -0.3 is 9.64 Å². The highest BCUT2D eigenvalue weighted by Gasteiger charge is 2.32. The average Bonchev–Trinajstić information content (AvgIpc) is 3.05. The third-order valence-corrected chi connectivity index (χ3v) is 10.4. The van der Waals surface area contributed by atoms with Crippen LogP contribution in [0, 0.1) is 19.3 Å². The van der Waals surface area contributed by atoms with E-state index in [1.54, 1.807) is 23.1 Å². The summed E-state index contributed by atoms with van der Waals surface area (Å²) in [6.45, 7) is 10.7. The number of carbonyl (C=O) groups is 1. The van der Waals surface area contributed by atoms with Gasteiger partial charge in [-0.2, -0.15) is 4.98 Å². The summed E-state index contributed by atoms with van der Waals surface area (Å²) in [4.78, 5) is 34.7. The molecule has 1 aliphatic carbocycles. The van der Waals surface area contributed by atoms with Gasteiger partial charge in [0.1, 0.15) is 12.4 Å². The molecule has 1 atom stereocenters. The lowest BCUT2D eigenvalue weighted by atomic mass is 9.87. The van der Waals surface area contributed by atoms with Crippen molar-refractivity contribution in [3.05, 3.63) is 89.0 Å². The van der Waals surface area contributed by atoms with Crippen LogP contribution in [0.3, 0.4) is 0 Å². The zero-order valence-corrected chi connectivity index (χ0v) is 29.2. The van der Waals surface area contributed by atoms with Gasteiger partial charge in [0.05, 0.1) is 16.6 Å². The standard InChI is InChI=1S/C37H44N6O4S/c1-24-11-9-12-25(2)33(24)31-18-32-41-36(40-31)42-48(45,46)30-16-10-15-28(17-30)35(44)43(29(23-47-32)19-37(3,4)5)22-26-20-38-34(39-21-26)27-13-7-6-8-14-27/h9-12,15-18,20-21,27,29H,6-8,13-14,19,22-23H2,1-5H3,(H,40,41,42)/t29-/m1/s1. The van der Waals surface area contributed by atoms with Crippen molar-refractivity contribution in [2.24, 2.45) is 5.41 Å². The molecule has 1 N–H and O–H groups in total. The van der Waals surface area contributed by atoms with Crippen LogP contribution in [0.15, 0.2) is 65.8 Å². The van der Waals surface area contributed by atoms with E-state index in [0.717, 1.165) is 40.9 Å². The van der Waals surface area contributed by atoms with Crippen LogP contribution >= 0.6 is 0 Å². The minimum atomic E-state index is -4.16. The Morgan fingerprint density at radius 2 is 1.62 bits per heavy atom. The Hall–Kier alpha value is -4.38. The lowest BCUT2D eigenvalue weighted by Crippen LogP contribution is -2.45. The molecule has 2 aromatic heterocycles. The summed E-state index contributed by atoms with van der Waals surface area (Å²) in [5.41, 5.74) is 4.24. The SMILES string of the molecule is Cc1cccc(C)c1-c1cc2nc(n1)NS(=O)(=O)c1cccc(c1)C(=O)N(Cc1cnc(C3CCCCC3)nc1)[C@H](CC(C)(C)C)CO2. The number of nitrogens with one attached hydrogen (secondary N) is 1. The molecular weight excluding hydrogens is 625 g/mol. The second kappa shape index (κ2) is 13.6. The highest BCUT2D eigenvalue weighted by molar-refractivity contribution is 7.92. The molecule has 10 nitrogen and oxygen atoms in total. The van der Waals surface area contributed by atoms with E-state index in [0.29, 0.717) is 18.0 Å². The Morgan fingerprint density at radius 1 is 0.938 bits per heavy atom. The van der Waals surface area contributed by atoms with Crippen LogP contribution < -0.4 is 9.46 Å². The number of aryl methyl sites for hydroxylation is 2. The first-order valence-corrected chi connectivity index (χ1v) is 18.2. The molecular formula is C37H44N6O4S. The van der Waals surface area contributed by atoms with E-state index in [2.05, 4.69) is 35.5 Å². The van der Waals surface area contributed by atoms with Gasteiger partial charge in [-0.15, -0.1) is 0 Å². The number of amides is 1. The second-order valence-corrected chi connectivity index (χ2v) is 15.9. The predicted molar refractivity (Wildman–Crippen MR) is 185 cm³/mol. The van der Waals surface area contributed by atoms with Crippen LogP contribution in [0.4, 0.5) is 5.95 Å². The Balaban J connectivity index is 1.43. The van der Waals surface area contributed by atoms with Crippen LogP contribution in [0.5, 0.6) is 5.88 Å². The summed E-state index contributed by atoms with van der Waals surface area (Å²) in [6.07, 6.45) is 10.1. The van der Waals surface area contributed by atoms with Gasteiger partial charge in [-0.25, -0.2) is 28.1 Å². The average molecular weight is 669 g/mol. The Bertz CT molecular complexity index is 1880. The van der Waals surface area contributed by atoms with Gasteiger partial charge in [-0.1, -0.05) is 64.3 Å². The first kappa shape index (κ1) is 33.5. The summed E-state index contributed by atoms with van der Waals surface area (Å²) in [5, 5.41) is 0. The smallest absolute Gasteiger partial charge is 0.264 e. The van der Waals surface area contributed by atoms with Crippen LogP contribution in [-0.2, 0) is 16.6 Å². The van der Waals surface area contributed by atoms with Gasteiger partial charge in [0, 0.05) is 47.6 Å². The van der Waals surface area contributed by atoms with Crippen molar-refractivity contribution in [3.63, 3.8) is 0 Å². The van der Waals surface area contributed by atoms with Gasteiger partial charge in [0.25, 0.3) is 15.9 Å². The molecule has 3 heterocycles. The molecule has 0 saturated heterocycles. The number of aromatic nitrogens is 4. The van der Waals surface area contributed by atoms with E-state index < -0.39 is 16.1 Å². The van der Waals surface area contributed by atoms with Crippen LogP contribution in [-0.4, -0.2) is 51.8 Å². The van der Waals surface area contributed by atoms with Crippen molar-refractivity contribution in [2.75, 3.05) is 11.3 Å². The molecule has 4 aromatic rings. The Labute approximate surface area is 283 Å². The van der Waals surface area contributed by atoms with E-state index in [9.17, 15) is 13.2 Å². The Morgan fingerprint density at radius 3 is 2.31 bits per heavy atom. The van der Waals surface area contributed by atoms with Crippen LogP contribution in [0.2, 0.25) is 0 Å². The molecule has 252 valence electrons. The van der Waals surface area contributed by atoms with Crippen molar-refractivity contribution in [1.29, 1.82) is 0 Å². The summed E-state index contributed by atoms with van der Waals surface area (Å²) >= 11 is 0. The summed E-state index contributed by atoms with van der Waals surface area (Å²) in [6, 6.07) is 13.4. The summed E-state index contributed by atoms with van der Waals surface area (Å²) in [7, 11) is -4.16. The molecule has 2 aromatic carbocycles. The molecule has 0 radical (unpaired) electrons. The summed E-state index contributed by atoms with van der Waals surface area (Å²) < 4.78 is 36.3. The largest absolute Gasteiger partial charge is 0.475 e. The van der Waals surface area contributed by atoms with Gasteiger partial charge in [0.15, 0.2) is 0 Å². The third kappa shape index (κ3) is 7.67. The highest BCUT2D eigenvalue weighted by Crippen LogP contribution is 2.33. The maximum atomic E-state index is 14.4. The fraction of sp³-hybridized carbons (Fsp3) is 0.432. The summed E-state index contributed by atoms with van der Waals surface area (Å²) in [5.74, 6) is 1.01. The zero-order chi connectivity index (χ0) is 34.1. The van der Waals surface area contributed by atoms with Gasteiger partial charge in [-0.3, -0.25) is 4.79 Å². The van der Waals surface area contributed by atoms with E-state index in [4.69, 9.17) is 14.7 Å². The van der Waals surface area contributed by atoms with Crippen molar-refractivity contribution >= 4 is 21.9 Å². The molecule has 48 heavy (non-hydrogen) atoms. The number of nitrogens with zero attached hydrogens (tertiary/aromatic N) is 5. The predicted octanol–water partition coefficient (Wildman–Crippen LogP) is 7.24. The van der Waals surface area contributed by atoms with Gasteiger partial charge >= 0.3 is 0 Å². The number of sulfonamides is 1. The molecule has 1 amide bonds. The maximum Gasteiger partial charge on any atom is 0.264 e. The maximum absolute atomic E-state index is 14.4. The molecule has 0 spiro atoms. The number of hydrogen-bond acceptors (Lipinski definition) is 8.